The minimum absolute atomic E-state index is 0.249. The predicted molar refractivity (Wildman–Crippen MR) is 84.0 cm³/mol. The average Bonchev–Trinajstić information content (AvgIpc) is 2.94. The molecule has 4 heteroatoms. The van der Waals surface area contributed by atoms with Crippen molar-refractivity contribution in [3.8, 4) is 0 Å². The Balaban J connectivity index is 0.000000704. The second-order valence-electron chi connectivity index (χ2n) is 6.22. The van der Waals surface area contributed by atoms with Crippen LogP contribution in [-0.2, 0) is 22.4 Å². The first kappa shape index (κ1) is 15.6. The van der Waals surface area contributed by atoms with Crippen LogP contribution >= 0.6 is 0 Å². The molecule has 1 N–H and O–H groups in total. The Labute approximate surface area is 123 Å². The molecule has 0 unspecified atom stereocenters. The molecule has 0 amide bonds. The third-order valence-corrected chi connectivity index (χ3v) is 4.39. The molecule has 1 aromatic carbocycles. The zero-order chi connectivity index (χ0) is 15.0. The molecule has 110 valence electrons. The van der Waals surface area contributed by atoms with Crippen molar-refractivity contribution in [2.24, 2.45) is 0 Å². The van der Waals surface area contributed by atoms with E-state index in [9.17, 15) is 0 Å². The molecule has 0 bridgehead atoms. The SMILES string of the molecule is CC.CC1(C)OB(c2ccc3c(c2)CNC3)OC1(C)C. The molecule has 20 heavy (non-hydrogen) atoms. The molecule has 1 fully saturated rings. The summed E-state index contributed by atoms with van der Waals surface area (Å²) in [6.45, 7) is 14.3. The fourth-order valence-electron chi connectivity index (χ4n) is 2.44. The number of hydrogen-bond acceptors (Lipinski definition) is 3. The van der Waals surface area contributed by atoms with Gasteiger partial charge in [-0.15, -0.1) is 0 Å². The highest BCUT2D eigenvalue weighted by atomic mass is 16.7. The molecule has 3 nitrogen and oxygen atoms in total. The highest BCUT2D eigenvalue weighted by Crippen LogP contribution is 2.36. The van der Waals surface area contributed by atoms with Gasteiger partial charge in [-0.1, -0.05) is 32.0 Å². The second kappa shape index (κ2) is 5.51. The van der Waals surface area contributed by atoms with Gasteiger partial charge in [0.2, 0.25) is 0 Å². The third-order valence-electron chi connectivity index (χ3n) is 4.39. The Hall–Kier alpha value is -0.835. The lowest BCUT2D eigenvalue weighted by atomic mass is 9.78. The van der Waals surface area contributed by atoms with Gasteiger partial charge in [-0.05, 0) is 44.3 Å². The van der Waals surface area contributed by atoms with Crippen LogP contribution in [0, 0.1) is 0 Å². The molecular formula is C16H26BNO2. The number of fused-ring (bicyclic) bond motifs is 1. The van der Waals surface area contributed by atoms with Crippen LogP contribution in [0.3, 0.4) is 0 Å². The monoisotopic (exact) mass is 275 g/mol. The Morgan fingerprint density at radius 1 is 0.950 bits per heavy atom. The van der Waals surface area contributed by atoms with Gasteiger partial charge in [0.1, 0.15) is 0 Å². The van der Waals surface area contributed by atoms with E-state index in [2.05, 4.69) is 51.2 Å². The van der Waals surface area contributed by atoms with Crippen LogP contribution in [0.2, 0.25) is 0 Å². The summed E-state index contributed by atoms with van der Waals surface area (Å²) < 4.78 is 12.1. The van der Waals surface area contributed by atoms with Crippen LogP contribution in [0.5, 0.6) is 0 Å². The van der Waals surface area contributed by atoms with E-state index in [0.29, 0.717) is 0 Å². The van der Waals surface area contributed by atoms with Crippen LogP contribution in [0.15, 0.2) is 18.2 Å². The summed E-state index contributed by atoms with van der Waals surface area (Å²) in [6, 6.07) is 6.50. The molecule has 1 aromatic rings. The topological polar surface area (TPSA) is 30.5 Å². The molecule has 0 aliphatic carbocycles. The summed E-state index contributed by atoms with van der Waals surface area (Å²) in [6.07, 6.45) is 0. The van der Waals surface area contributed by atoms with E-state index in [4.69, 9.17) is 9.31 Å². The van der Waals surface area contributed by atoms with Gasteiger partial charge >= 0.3 is 7.12 Å². The van der Waals surface area contributed by atoms with Crippen LogP contribution < -0.4 is 10.8 Å². The van der Waals surface area contributed by atoms with Crippen molar-refractivity contribution in [2.45, 2.75) is 65.8 Å². The van der Waals surface area contributed by atoms with Gasteiger partial charge in [0, 0.05) is 13.1 Å². The minimum Gasteiger partial charge on any atom is -0.399 e. The summed E-state index contributed by atoms with van der Waals surface area (Å²) in [4.78, 5) is 0. The quantitative estimate of drug-likeness (QED) is 0.799. The van der Waals surface area contributed by atoms with E-state index in [1.54, 1.807) is 0 Å². The second-order valence-corrected chi connectivity index (χ2v) is 6.22. The van der Waals surface area contributed by atoms with Crippen molar-refractivity contribution in [3.63, 3.8) is 0 Å². The van der Waals surface area contributed by atoms with E-state index >= 15 is 0 Å². The summed E-state index contributed by atoms with van der Waals surface area (Å²) in [5.74, 6) is 0. The molecule has 2 aliphatic heterocycles. The molecule has 2 aliphatic rings. The van der Waals surface area contributed by atoms with Crippen molar-refractivity contribution >= 4 is 12.6 Å². The maximum atomic E-state index is 6.07. The highest BCUT2D eigenvalue weighted by molar-refractivity contribution is 6.62. The van der Waals surface area contributed by atoms with E-state index in [0.717, 1.165) is 18.6 Å². The van der Waals surface area contributed by atoms with Crippen molar-refractivity contribution in [2.75, 3.05) is 0 Å². The lowest BCUT2D eigenvalue weighted by Gasteiger charge is -2.32. The summed E-state index contributed by atoms with van der Waals surface area (Å²) in [7, 11) is -0.249. The largest absolute Gasteiger partial charge is 0.494 e. The summed E-state index contributed by atoms with van der Waals surface area (Å²) in [5.41, 5.74) is 3.33. The molecular weight excluding hydrogens is 249 g/mol. The first-order chi connectivity index (χ1) is 9.39. The first-order valence-corrected chi connectivity index (χ1v) is 7.57. The van der Waals surface area contributed by atoms with E-state index < -0.39 is 0 Å². The van der Waals surface area contributed by atoms with E-state index in [1.807, 2.05) is 13.8 Å². The fourth-order valence-corrected chi connectivity index (χ4v) is 2.44. The third kappa shape index (κ3) is 2.65. The maximum absolute atomic E-state index is 6.07. The van der Waals surface area contributed by atoms with Crippen molar-refractivity contribution in [1.29, 1.82) is 0 Å². The van der Waals surface area contributed by atoms with Gasteiger partial charge in [-0.3, -0.25) is 0 Å². The van der Waals surface area contributed by atoms with Gasteiger partial charge in [0.25, 0.3) is 0 Å². The van der Waals surface area contributed by atoms with Gasteiger partial charge in [-0.25, -0.2) is 0 Å². The van der Waals surface area contributed by atoms with Gasteiger partial charge in [0.15, 0.2) is 0 Å². The van der Waals surface area contributed by atoms with E-state index in [-0.39, 0.29) is 18.3 Å². The van der Waals surface area contributed by atoms with Gasteiger partial charge in [0.05, 0.1) is 11.2 Å². The molecule has 0 atom stereocenters. The lowest BCUT2D eigenvalue weighted by molar-refractivity contribution is 0.00578. The molecule has 0 radical (unpaired) electrons. The van der Waals surface area contributed by atoms with Crippen LogP contribution in [0.4, 0.5) is 0 Å². The fraction of sp³-hybridized carbons (Fsp3) is 0.625. The van der Waals surface area contributed by atoms with Crippen molar-refractivity contribution in [1.82, 2.24) is 5.32 Å². The van der Waals surface area contributed by atoms with Gasteiger partial charge < -0.3 is 14.6 Å². The zero-order valence-electron chi connectivity index (χ0n) is 13.5. The summed E-state index contributed by atoms with van der Waals surface area (Å²) in [5, 5.41) is 3.36. The molecule has 3 rings (SSSR count). The standard InChI is InChI=1S/C14H20BNO2.C2H6/c1-13(2)14(3,4)18-15(17-13)12-6-5-10-8-16-9-11(10)7-12;1-2/h5-7,16H,8-9H2,1-4H3;1-2H3. The molecule has 0 spiro atoms. The van der Waals surface area contributed by atoms with Crippen LogP contribution in [0.25, 0.3) is 0 Å². The van der Waals surface area contributed by atoms with Crippen molar-refractivity contribution < 1.29 is 9.31 Å². The van der Waals surface area contributed by atoms with Gasteiger partial charge in [-0.2, -0.15) is 0 Å². The Morgan fingerprint density at radius 3 is 2.10 bits per heavy atom. The predicted octanol–water partition coefficient (Wildman–Crippen LogP) is 2.62. The lowest BCUT2D eigenvalue weighted by Crippen LogP contribution is -2.41. The van der Waals surface area contributed by atoms with Crippen molar-refractivity contribution in [3.05, 3.63) is 29.3 Å². The number of hydrogen-bond donors (Lipinski definition) is 1. The maximum Gasteiger partial charge on any atom is 0.494 e. The van der Waals surface area contributed by atoms with Crippen LogP contribution in [-0.4, -0.2) is 18.3 Å². The smallest absolute Gasteiger partial charge is 0.399 e. The zero-order valence-corrected chi connectivity index (χ0v) is 13.5. The Kier molecular flexibility index (Phi) is 4.28. The Bertz CT molecular complexity index is 469. The molecule has 1 saturated heterocycles. The number of nitrogens with one attached hydrogen (secondary N) is 1. The Morgan fingerprint density at radius 2 is 1.50 bits per heavy atom. The average molecular weight is 275 g/mol. The first-order valence-electron chi connectivity index (χ1n) is 7.57. The van der Waals surface area contributed by atoms with Crippen LogP contribution in [0.1, 0.15) is 52.7 Å². The molecule has 0 aromatic heterocycles. The minimum atomic E-state index is -0.269. The number of benzene rings is 1. The summed E-state index contributed by atoms with van der Waals surface area (Å²) >= 11 is 0. The van der Waals surface area contributed by atoms with E-state index in [1.165, 1.54) is 11.1 Å². The molecule has 0 saturated carbocycles. The molecule has 2 heterocycles. The normalized spacial score (nSPS) is 22.2. The number of rotatable bonds is 1. The highest BCUT2D eigenvalue weighted by Gasteiger charge is 2.51.